The number of guanidine groups is 1. The monoisotopic (exact) mass is 349 g/mol. The van der Waals surface area contributed by atoms with E-state index in [-0.39, 0.29) is 5.75 Å². The minimum absolute atomic E-state index is 0.0682. The van der Waals surface area contributed by atoms with Crippen molar-refractivity contribution in [1.29, 1.82) is 0 Å². The van der Waals surface area contributed by atoms with E-state index >= 15 is 0 Å². The van der Waals surface area contributed by atoms with Crippen LogP contribution >= 0.6 is 0 Å². The molecular formula is C16H23N5O2S. The summed E-state index contributed by atoms with van der Waals surface area (Å²) in [4.78, 5) is 13.7. The van der Waals surface area contributed by atoms with Gasteiger partial charge in [-0.3, -0.25) is 4.99 Å². The third-order valence-electron chi connectivity index (χ3n) is 3.43. The largest absolute Gasteiger partial charge is 0.355 e. The highest BCUT2D eigenvalue weighted by atomic mass is 32.2. The van der Waals surface area contributed by atoms with E-state index in [1.807, 2.05) is 42.3 Å². The molecule has 0 atom stereocenters. The summed E-state index contributed by atoms with van der Waals surface area (Å²) in [6.45, 7) is 0.856. The van der Waals surface area contributed by atoms with Gasteiger partial charge in [0.2, 0.25) is 0 Å². The highest BCUT2D eigenvalue weighted by molar-refractivity contribution is 7.90. The summed E-state index contributed by atoms with van der Waals surface area (Å²) in [5, 5.41) is 3.04. The van der Waals surface area contributed by atoms with Crippen LogP contribution in [0.5, 0.6) is 0 Å². The number of aliphatic imine (C=N–C) groups is 1. The van der Waals surface area contributed by atoms with Gasteiger partial charge < -0.3 is 15.2 Å². The van der Waals surface area contributed by atoms with Crippen molar-refractivity contribution in [3.05, 3.63) is 42.4 Å². The molecular weight excluding hydrogens is 326 g/mol. The Bertz CT molecular complexity index is 784. The van der Waals surface area contributed by atoms with E-state index < -0.39 is 9.84 Å². The van der Waals surface area contributed by atoms with Crippen LogP contribution in [0.1, 0.15) is 5.82 Å². The Kier molecular flexibility index (Phi) is 5.97. The topological polar surface area (TPSA) is 90.4 Å². The molecule has 2 rings (SSSR count). The van der Waals surface area contributed by atoms with Gasteiger partial charge in [-0.1, -0.05) is 30.3 Å². The average molecular weight is 349 g/mol. The number of nitrogens with zero attached hydrogens (tertiary/aromatic N) is 3. The van der Waals surface area contributed by atoms with Gasteiger partial charge in [-0.25, -0.2) is 13.4 Å². The number of aromatic amines is 1. The molecule has 0 saturated heterocycles. The van der Waals surface area contributed by atoms with Gasteiger partial charge in [0.25, 0.3) is 0 Å². The molecule has 0 aliphatic carbocycles. The lowest BCUT2D eigenvalue weighted by molar-refractivity contribution is 0.466. The predicted molar refractivity (Wildman–Crippen MR) is 96.6 cm³/mol. The molecule has 0 radical (unpaired) electrons. The number of imidazole rings is 1. The van der Waals surface area contributed by atoms with Gasteiger partial charge in [-0.15, -0.1) is 0 Å². The molecule has 0 saturated carbocycles. The van der Waals surface area contributed by atoms with Crippen molar-refractivity contribution >= 4 is 15.8 Å². The second kappa shape index (κ2) is 7.96. The van der Waals surface area contributed by atoms with Crippen LogP contribution in [0, 0.1) is 0 Å². The van der Waals surface area contributed by atoms with E-state index in [2.05, 4.69) is 20.3 Å². The highest BCUT2D eigenvalue weighted by Crippen LogP contribution is 2.16. The number of rotatable bonds is 6. The Morgan fingerprint density at radius 2 is 2.04 bits per heavy atom. The lowest BCUT2D eigenvalue weighted by Gasteiger charge is -2.20. The Balaban J connectivity index is 1.96. The maximum absolute atomic E-state index is 11.2. The average Bonchev–Trinajstić information content (AvgIpc) is 3.00. The second-order valence-electron chi connectivity index (χ2n) is 5.57. The molecule has 0 amide bonds. The smallest absolute Gasteiger partial charge is 0.193 e. The van der Waals surface area contributed by atoms with Crippen LogP contribution in [0.25, 0.3) is 11.3 Å². The molecule has 0 bridgehead atoms. The summed E-state index contributed by atoms with van der Waals surface area (Å²) >= 11 is 0. The number of hydrogen-bond acceptors (Lipinski definition) is 4. The summed E-state index contributed by atoms with van der Waals surface area (Å²) < 4.78 is 22.4. The summed E-state index contributed by atoms with van der Waals surface area (Å²) in [5.74, 6) is 1.50. The second-order valence-corrected chi connectivity index (χ2v) is 7.83. The normalized spacial score (nSPS) is 12.2. The van der Waals surface area contributed by atoms with E-state index in [0.717, 1.165) is 17.1 Å². The zero-order valence-corrected chi connectivity index (χ0v) is 15.0. The van der Waals surface area contributed by atoms with Gasteiger partial charge in [0.15, 0.2) is 5.96 Å². The van der Waals surface area contributed by atoms with Gasteiger partial charge in [0.05, 0.1) is 24.2 Å². The quantitative estimate of drug-likeness (QED) is 0.603. The van der Waals surface area contributed by atoms with E-state index in [1.165, 1.54) is 6.26 Å². The SMILES string of the molecule is CN=C(NCCS(C)(=O)=O)N(C)Cc1ncc(-c2ccccc2)[nH]1. The Hall–Kier alpha value is -2.35. The third-order valence-corrected chi connectivity index (χ3v) is 4.38. The van der Waals surface area contributed by atoms with Gasteiger partial charge >= 0.3 is 0 Å². The maximum atomic E-state index is 11.2. The van der Waals surface area contributed by atoms with Crippen molar-refractivity contribution in [2.24, 2.45) is 4.99 Å². The van der Waals surface area contributed by atoms with Crippen LogP contribution in [0.3, 0.4) is 0 Å². The molecule has 130 valence electrons. The van der Waals surface area contributed by atoms with Crippen molar-refractivity contribution in [1.82, 2.24) is 20.2 Å². The summed E-state index contributed by atoms with van der Waals surface area (Å²) in [6.07, 6.45) is 3.02. The van der Waals surface area contributed by atoms with E-state index in [9.17, 15) is 8.42 Å². The lowest BCUT2D eigenvalue weighted by atomic mass is 10.2. The number of sulfone groups is 1. The lowest BCUT2D eigenvalue weighted by Crippen LogP contribution is -2.40. The molecule has 1 aromatic carbocycles. The van der Waals surface area contributed by atoms with Crippen molar-refractivity contribution < 1.29 is 8.42 Å². The molecule has 0 aliphatic rings. The Morgan fingerprint density at radius 3 is 2.67 bits per heavy atom. The number of hydrogen-bond donors (Lipinski definition) is 2. The first-order valence-electron chi connectivity index (χ1n) is 7.58. The predicted octanol–water partition coefficient (Wildman–Crippen LogP) is 1.13. The number of benzene rings is 1. The zero-order chi connectivity index (χ0) is 17.6. The Morgan fingerprint density at radius 1 is 1.33 bits per heavy atom. The molecule has 0 spiro atoms. The molecule has 0 fully saturated rings. The first-order chi connectivity index (χ1) is 11.4. The van der Waals surface area contributed by atoms with Gasteiger partial charge in [0, 0.05) is 26.9 Å². The fourth-order valence-electron chi connectivity index (χ4n) is 2.24. The van der Waals surface area contributed by atoms with Crippen LogP contribution < -0.4 is 5.32 Å². The highest BCUT2D eigenvalue weighted by Gasteiger charge is 2.10. The molecule has 7 nitrogen and oxygen atoms in total. The van der Waals surface area contributed by atoms with Crippen LogP contribution in [0.4, 0.5) is 0 Å². The maximum Gasteiger partial charge on any atom is 0.193 e. The van der Waals surface area contributed by atoms with Crippen molar-refractivity contribution in [3.8, 4) is 11.3 Å². The van der Waals surface area contributed by atoms with Gasteiger partial charge in [0.1, 0.15) is 15.7 Å². The molecule has 8 heteroatoms. The molecule has 0 unspecified atom stereocenters. The summed E-state index contributed by atoms with van der Waals surface area (Å²) in [5.41, 5.74) is 2.04. The van der Waals surface area contributed by atoms with Crippen molar-refractivity contribution in [2.75, 3.05) is 32.6 Å². The van der Waals surface area contributed by atoms with E-state index in [4.69, 9.17) is 0 Å². The molecule has 2 N–H and O–H groups in total. The zero-order valence-electron chi connectivity index (χ0n) is 14.2. The van der Waals surface area contributed by atoms with Gasteiger partial charge in [-0.05, 0) is 5.56 Å². The minimum atomic E-state index is -2.99. The number of nitrogens with one attached hydrogen (secondary N) is 2. The van der Waals surface area contributed by atoms with Gasteiger partial charge in [-0.2, -0.15) is 0 Å². The fraction of sp³-hybridized carbons (Fsp3) is 0.375. The van der Waals surface area contributed by atoms with Crippen LogP contribution in [0.15, 0.2) is 41.5 Å². The number of aromatic nitrogens is 2. The fourth-order valence-corrected chi connectivity index (χ4v) is 2.71. The third kappa shape index (κ3) is 5.38. The molecule has 24 heavy (non-hydrogen) atoms. The van der Waals surface area contributed by atoms with Crippen molar-refractivity contribution in [3.63, 3.8) is 0 Å². The van der Waals surface area contributed by atoms with Crippen LogP contribution in [-0.2, 0) is 16.4 Å². The first kappa shape index (κ1) is 18.0. The minimum Gasteiger partial charge on any atom is -0.355 e. The Labute approximate surface area is 142 Å². The first-order valence-corrected chi connectivity index (χ1v) is 9.64. The molecule has 1 heterocycles. The molecule has 0 aliphatic heterocycles. The van der Waals surface area contributed by atoms with E-state index in [1.54, 1.807) is 13.2 Å². The summed E-state index contributed by atoms with van der Waals surface area (Å²) in [7, 11) is 0.545. The standard InChI is InChI=1S/C16H23N5O2S/c1-17-16(18-9-10-24(3,22)23)21(2)12-15-19-11-14(20-15)13-7-5-4-6-8-13/h4-8,11H,9-10,12H2,1-3H3,(H,17,18)(H,19,20). The molecule has 2 aromatic rings. The van der Waals surface area contributed by atoms with Crippen LogP contribution in [-0.4, -0.2) is 61.9 Å². The van der Waals surface area contributed by atoms with E-state index in [0.29, 0.717) is 19.0 Å². The molecule has 1 aromatic heterocycles. The summed E-state index contributed by atoms with van der Waals surface area (Å²) in [6, 6.07) is 9.98. The van der Waals surface area contributed by atoms with Crippen LogP contribution in [0.2, 0.25) is 0 Å². The number of H-pyrrole nitrogens is 1. The van der Waals surface area contributed by atoms with Crippen molar-refractivity contribution in [2.45, 2.75) is 6.54 Å².